The number of pyridine rings is 1. The third kappa shape index (κ3) is 4.21. The Morgan fingerprint density at radius 3 is 2.71 bits per heavy atom. The zero-order valence-corrected chi connectivity index (χ0v) is 18.3. The number of nitrogens with one attached hydrogen (secondary N) is 1. The van der Waals surface area contributed by atoms with Crippen molar-refractivity contribution in [2.45, 2.75) is 20.3 Å². The number of hydrogen-bond acceptors (Lipinski definition) is 7. The number of amides is 1. The van der Waals surface area contributed by atoms with Gasteiger partial charge in [-0.25, -0.2) is 27.7 Å². The van der Waals surface area contributed by atoms with Crippen molar-refractivity contribution in [2.24, 2.45) is 0 Å². The van der Waals surface area contributed by atoms with E-state index in [0.717, 1.165) is 6.07 Å². The maximum absolute atomic E-state index is 14.7. The van der Waals surface area contributed by atoms with Crippen LogP contribution in [0.2, 0.25) is 0 Å². The van der Waals surface area contributed by atoms with Gasteiger partial charge in [-0.15, -0.1) is 5.10 Å². The molecular formula is C23H16F3N7O2. The number of aryl methyl sites for hydroxylation is 2. The number of anilines is 1. The second-order valence-electron chi connectivity index (χ2n) is 7.56. The molecule has 35 heavy (non-hydrogen) atoms. The molecule has 1 N–H and O–H groups in total. The van der Waals surface area contributed by atoms with Crippen LogP contribution in [0.4, 0.5) is 18.9 Å². The van der Waals surface area contributed by atoms with E-state index in [9.17, 15) is 18.0 Å². The predicted octanol–water partition coefficient (Wildman–Crippen LogP) is 4.79. The maximum Gasteiger partial charge on any atom is 0.293 e. The van der Waals surface area contributed by atoms with Gasteiger partial charge in [-0.05, 0) is 37.3 Å². The molecule has 0 aliphatic rings. The minimum atomic E-state index is -2.72. The van der Waals surface area contributed by atoms with Gasteiger partial charge in [0.05, 0.1) is 17.0 Å². The summed E-state index contributed by atoms with van der Waals surface area (Å²) in [5.41, 5.74) is 0.815. The average molecular weight is 479 g/mol. The largest absolute Gasteiger partial charge is 0.436 e. The van der Waals surface area contributed by atoms with Gasteiger partial charge in [-0.1, -0.05) is 0 Å². The Morgan fingerprint density at radius 2 is 1.97 bits per heavy atom. The summed E-state index contributed by atoms with van der Waals surface area (Å²) in [5, 5.41) is 6.88. The van der Waals surface area contributed by atoms with Crippen LogP contribution in [-0.2, 0) is 0 Å². The number of oxazole rings is 1. The third-order valence-electron chi connectivity index (χ3n) is 5.12. The third-order valence-corrected chi connectivity index (χ3v) is 5.12. The highest BCUT2D eigenvalue weighted by Gasteiger charge is 2.20. The lowest BCUT2D eigenvalue weighted by molar-refractivity contribution is 0.0994. The number of carbonyl (C=O) groups is 1. The first kappa shape index (κ1) is 22.2. The molecule has 0 saturated heterocycles. The quantitative estimate of drug-likeness (QED) is 0.386. The van der Waals surface area contributed by atoms with Crippen LogP contribution in [0.25, 0.3) is 28.4 Å². The fourth-order valence-corrected chi connectivity index (χ4v) is 3.56. The number of benzene rings is 1. The Kier molecular flexibility index (Phi) is 5.47. The number of halogens is 3. The van der Waals surface area contributed by atoms with E-state index < -0.39 is 18.1 Å². The van der Waals surface area contributed by atoms with Crippen LogP contribution in [0, 0.1) is 19.7 Å². The number of nitrogens with zero attached hydrogens (tertiary/aromatic N) is 6. The minimum Gasteiger partial charge on any atom is -0.436 e. The highest BCUT2D eigenvalue weighted by atomic mass is 19.3. The van der Waals surface area contributed by atoms with Gasteiger partial charge in [0.15, 0.2) is 11.7 Å². The first-order valence-electron chi connectivity index (χ1n) is 10.3. The topological polar surface area (TPSA) is 111 Å². The van der Waals surface area contributed by atoms with E-state index >= 15 is 0 Å². The molecule has 1 amide bonds. The van der Waals surface area contributed by atoms with E-state index in [1.54, 1.807) is 13.8 Å². The van der Waals surface area contributed by atoms with Crippen LogP contribution in [0.15, 0.2) is 53.3 Å². The maximum atomic E-state index is 14.7. The predicted molar refractivity (Wildman–Crippen MR) is 118 cm³/mol. The highest BCUT2D eigenvalue weighted by molar-refractivity contribution is 6.03. The van der Waals surface area contributed by atoms with Crippen molar-refractivity contribution in [3.05, 3.63) is 77.6 Å². The van der Waals surface area contributed by atoms with Crippen molar-refractivity contribution in [1.82, 2.24) is 29.5 Å². The molecule has 0 unspecified atom stereocenters. The normalized spacial score (nSPS) is 11.4. The number of carbonyl (C=O) groups excluding carboxylic acids is 1. The number of aromatic nitrogens is 6. The van der Waals surface area contributed by atoms with Gasteiger partial charge in [-0.3, -0.25) is 9.78 Å². The number of fused-ring (bicyclic) bond motifs is 1. The standard InChI is InChI=1S/C23H16F3N7O2/c1-11-19(35-12(2)29-11)22(34)30-14-5-6-17(24)16(8-14)21-31-23-28-9-13(10-33(23)32-21)18-15(20(25)26)4-3-7-27-18/h3-10,20H,1-2H3,(H,30,34). The first-order chi connectivity index (χ1) is 16.8. The van der Waals surface area contributed by atoms with Crippen LogP contribution in [0.5, 0.6) is 0 Å². The Balaban J connectivity index is 1.49. The zero-order valence-electron chi connectivity index (χ0n) is 18.3. The summed E-state index contributed by atoms with van der Waals surface area (Å²) in [7, 11) is 0. The van der Waals surface area contributed by atoms with Gasteiger partial charge in [-0.2, -0.15) is 4.98 Å². The molecule has 0 bridgehead atoms. The fourth-order valence-electron chi connectivity index (χ4n) is 3.56. The van der Waals surface area contributed by atoms with Crippen molar-refractivity contribution in [2.75, 3.05) is 5.32 Å². The highest BCUT2D eigenvalue weighted by Crippen LogP contribution is 2.29. The molecule has 5 aromatic rings. The molecule has 176 valence electrons. The van der Waals surface area contributed by atoms with E-state index in [-0.39, 0.29) is 39.9 Å². The van der Waals surface area contributed by atoms with Crippen molar-refractivity contribution in [3.63, 3.8) is 0 Å². The molecule has 0 saturated carbocycles. The van der Waals surface area contributed by atoms with Crippen LogP contribution < -0.4 is 5.32 Å². The van der Waals surface area contributed by atoms with Crippen molar-refractivity contribution in [3.8, 4) is 22.6 Å². The Bertz CT molecular complexity index is 1580. The number of hydrogen-bond donors (Lipinski definition) is 1. The molecule has 9 nitrogen and oxygen atoms in total. The lowest BCUT2D eigenvalue weighted by atomic mass is 10.1. The molecule has 0 aliphatic carbocycles. The number of alkyl halides is 2. The summed E-state index contributed by atoms with van der Waals surface area (Å²) in [4.78, 5) is 29.0. The van der Waals surface area contributed by atoms with E-state index in [2.05, 4.69) is 30.4 Å². The summed E-state index contributed by atoms with van der Waals surface area (Å²) >= 11 is 0. The summed E-state index contributed by atoms with van der Waals surface area (Å²) < 4.78 is 48.0. The van der Waals surface area contributed by atoms with E-state index in [0.29, 0.717) is 17.1 Å². The molecule has 4 aromatic heterocycles. The molecule has 1 aromatic carbocycles. The van der Waals surface area contributed by atoms with E-state index in [1.165, 1.54) is 47.4 Å². The van der Waals surface area contributed by atoms with Gasteiger partial charge in [0.2, 0.25) is 5.76 Å². The van der Waals surface area contributed by atoms with E-state index in [1.807, 2.05) is 0 Å². The molecular weight excluding hydrogens is 463 g/mol. The van der Waals surface area contributed by atoms with Gasteiger partial charge < -0.3 is 9.73 Å². The molecule has 4 heterocycles. The Labute approximate surface area is 195 Å². The molecule has 0 radical (unpaired) electrons. The first-order valence-corrected chi connectivity index (χ1v) is 10.3. The van der Waals surface area contributed by atoms with Crippen LogP contribution >= 0.6 is 0 Å². The summed E-state index contributed by atoms with van der Waals surface area (Å²) in [6.45, 7) is 3.26. The monoisotopic (exact) mass is 479 g/mol. The zero-order chi connectivity index (χ0) is 24.7. The summed E-state index contributed by atoms with van der Waals surface area (Å²) in [5.74, 6) is -0.659. The smallest absolute Gasteiger partial charge is 0.293 e. The van der Waals surface area contributed by atoms with Gasteiger partial charge in [0, 0.05) is 42.3 Å². The molecule has 0 fully saturated rings. The number of rotatable bonds is 5. The lowest BCUT2D eigenvalue weighted by Gasteiger charge is -2.07. The second kappa shape index (κ2) is 8.63. The lowest BCUT2D eigenvalue weighted by Crippen LogP contribution is -2.12. The van der Waals surface area contributed by atoms with Gasteiger partial charge in [0.1, 0.15) is 5.82 Å². The van der Waals surface area contributed by atoms with Crippen LogP contribution in [0.1, 0.15) is 34.1 Å². The van der Waals surface area contributed by atoms with Crippen LogP contribution in [-0.4, -0.2) is 35.5 Å². The van der Waals surface area contributed by atoms with Crippen molar-refractivity contribution < 1.29 is 22.4 Å². The Morgan fingerprint density at radius 1 is 1.14 bits per heavy atom. The fraction of sp³-hybridized carbons (Fsp3) is 0.130. The molecule has 0 aliphatic heterocycles. The van der Waals surface area contributed by atoms with Crippen LogP contribution in [0.3, 0.4) is 0 Å². The molecule has 12 heteroatoms. The SMILES string of the molecule is Cc1nc(C)c(C(=O)Nc2ccc(F)c(-c3nc4ncc(-c5ncccc5C(F)F)cn4n3)c2)o1. The molecule has 5 rings (SSSR count). The summed E-state index contributed by atoms with van der Waals surface area (Å²) in [6.07, 6.45) is 1.45. The van der Waals surface area contributed by atoms with Gasteiger partial charge in [0.25, 0.3) is 18.1 Å². The second-order valence-corrected chi connectivity index (χ2v) is 7.56. The minimum absolute atomic E-state index is 0.00595. The van der Waals surface area contributed by atoms with Crippen molar-refractivity contribution in [1.29, 1.82) is 0 Å². The molecule has 0 atom stereocenters. The average Bonchev–Trinajstić information content (AvgIpc) is 3.41. The van der Waals surface area contributed by atoms with Gasteiger partial charge >= 0.3 is 0 Å². The molecule has 0 spiro atoms. The van der Waals surface area contributed by atoms with E-state index in [4.69, 9.17) is 4.42 Å². The summed E-state index contributed by atoms with van der Waals surface area (Å²) in [6, 6.07) is 6.62. The van der Waals surface area contributed by atoms with Crippen molar-refractivity contribution >= 4 is 17.4 Å². The Hall–Kier alpha value is -4.61.